The van der Waals surface area contributed by atoms with Crippen LogP contribution in [0.25, 0.3) is 28.2 Å². The largest absolute Gasteiger partial charge is 0.435 e. The van der Waals surface area contributed by atoms with Crippen LogP contribution < -0.4 is 15.2 Å². The standard InChI is InChI=1S/C24H26F3N7O4S/c1-14-17(21-30-31-23(38-21)33-13-7-6-10-16(33)11-12-28-39(2,36)37)22(35)34-20(29-14)18(15-8-4-3-5-9-15)19(32-34)24(25,26)27/h3-5,8-9,16,28-29H,6-7,10-13H2,1-2H3. The maximum Gasteiger partial charge on any atom is 0.435 e. The fourth-order valence-electron chi connectivity index (χ4n) is 4.91. The van der Waals surface area contributed by atoms with Gasteiger partial charge in [-0.2, -0.15) is 22.8 Å². The first-order valence-corrected chi connectivity index (χ1v) is 14.2. The molecule has 0 aliphatic carbocycles. The van der Waals surface area contributed by atoms with Crippen LogP contribution in [0.3, 0.4) is 0 Å². The number of aromatic nitrogens is 5. The normalized spacial score (nSPS) is 16.7. The predicted octanol–water partition coefficient (Wildman–Crippen LogP) is 3.37. The number of piperidine rings is 1. The van der Waals surface area contributed by atoms with Crippen LogP contribution in [0.1, 0.15) is 37.1 Å². The van der Waals surface area contributed by atoms with Crippen molar-refractivity contribution >= 4 is 21.7 Å². The number of H-pyrrole nitrogens is 1. The minimum atomic E-state index is -4.81. The number of alkyl halides is 3. The van der Waals surface area contributed by atoms with E-state index < -0.39 is 27.5 Å². The van der Waals surface area contributed by atoms with Crippen LogP contribution in [0.2, 0.25) is 0 Å². The number of benzene rings is 1. The Kier molecular flexibility index (Phi) is 6.97. The summed E-state index contributed by atoms with van der Waals surface area (Å²) in [6.07, 6.45) is -0.627. The number of aromatic amines is 1. The van der Waals surface area contributed by atoms with E-state index in [1.54, 1.807) is 18.2 Å². The summed E-state index contributed by atoms with van der Waals surface area (Å²) < 4.78 is 73.7. The minimum absolute atomic E-state index is 0.0722. The summed E-state index contributed by atoms with van der Waals surface area (Å²) in [4.78, 5) is 18.2. The van der Waals surface area contributed by atoms with Crippen LogP contribution in [-0.4, -0.2) is 58.6 Å². The Morgan fingerprint density at radius 2 is 1.90 bits per heavy atom. The molecule has 11 nitrogen and oxygen atoms in total. The number of aryl methyl sites for hydroxylation is 1. The summed E-state index contributed by atoms with van der Waals surface area (Å²) in [6.45, 7) is 2.37. The van der Waals surface area contributed by atoms with Gasteiger partial charge in [-0.3, -0.25) is 4.79 Å². The SMILES string of the molecule is Cc1[nH]c2c(-c3ccccc3)c(C(F)(F)F)nn2c(=O)c1-c1nnc(N2CCCCC2CCNS(C)(=O)=O)o1. The molecule has 1 fully saturated rings. The molecule has 39 heavy (non-hydrogen) atoms. The first-order chi connectivity index (χ1) is 18.4. The molecule has 0 bridgehead atoms. The lowest BCUT2D eigenvalue weighted by Gasteiger charge is -2.34. The van der Waals surface area contributed by atoms with E-state index in [2.05, 4.69) is 25.0 Å². The highest BCUT2D eigenvalue weighted by atomic mass is 32.2. The predicted molar refractivity (Wildman–Crippen MR) is 137 cm³/mol. The van der Waals surface area contributed by atoms with Crippen molar-refractivity contribution in [2.24, 2.45) is 0 Å². The van der Waals surface area contributed by atoms with Crippen molar-refractivity contribution in [3.05, 3.63) is 52.1 Å². The quantitative estimate of drug-likeness (QED) is 0.348. The number of sulfonamides is 1. The van der Waals surface area contributed by atoms with Gasteiger partial charge in [-0.25, -0.2) is 13.1 Å². The first kappa shape index (κ1) is 26.9. The van der Waals surface area contributed by atoms with Crippen molar-refractivity contribution in [2.75, 3.05) is 24.2 Å². The summed E-state index contributed by atoms with van der Waals surface area (Å²) in [5.41, 5.74) is -1.97. The van der Waals surface area contributed by atoms with Gasteiger partial charge in [0.1, 0.15) is 11.2 Å². The van der Waals surface area contributed by atoms with E-state index >= 15 is 0 Å². The minimum Gasteiger partial charge on any atom is -0.403 e. The van der Waals surface area contributed by atoms with Crippen molar-refractivity contribution < 1.29 is 26.0 Å². The van der Waals surface area contributed by atoms with Gasteiger partial charge in [0, 0.05) is 24.8 Å². The zero-order chi connectivity index (χ0) is 27.9. The molecule has 3 aromatic heterocycles. The number of hydrogen-bond donors (Lipinski definition) is 2. The molecular formula is C24H26F3N7O4S. The van der Waals surface area contributed by atoms with Crippen molar-refractivity contribution in [3.63, 3.8) is 0 Å². The fourth-order valence-corrected chi connectivity index (χ4v) is 5.40. The summed E-state index contributed by atoms with van der Waals surface area (Å²) in [7, 11) is -3.33. The van der Waals surface area contributed by atoms with Gasteiger partial charge < -0.3 is 14.3 Å². The van der Waals surface area contributed by atoms with Crippen LogP contribution in [0.15, 0.2) is 39.5 Å². The number of anilines is 1. The zero-order valence-electron chi connectivity index (χ0n) is 21.1. The van der Waals surface area contributed by atoms with Crippen LogP contribution in [0, 0.1) is 6.92 Å². The molecule has 1 aromatic carbocycles. The molecule has 2 N–H and O–H groups in total. The van der Waals surface area contributed by atoms with Crippen LogP contribution in [0.4, 0.5) is 19.2 Å². The Balaban J connectivity index is 1.54. The van der Waals surface area contributed by atoms with Gasteiger partial charge in [0.2, 0.25) is 10.0 Å². The van der Waals surface area contributed by atoms with Gasteiger partial charge in [0.05, 0.1) is 11.8 Å². The lowest BCUT2D eigenvalue weighted by Crippen LogP contribution is -2.42. The van der Waals surface area contributed by atoms with E-state index in [4.69, 9.17) is 4.42 Å². The summed E-state index contributed by atoms with van der Waals surface area (Å²) in [5.74, 6) is -0.158. The van der Waals surface area contributed by atoms with Crippen LogP contribution in [-0.2, 0) is 16.2 Å². The highest BCUT2D eigenvalue weighted by Gasteiger charge is 2.39. The van der Waals surface area contributed by atoms with Gasteiger partial charge in [-0.15, -0.1) is 5.10 Å². The summed E-state index contributed by atoms with van der Waals surface area (Å²) >= 11 is 0. The molecule has 4 aromatic rings. The average molecular weight is 566 g/mol. The van der Waals surface area contributed by atoms with Gasteiger partial charge in [0.25, 0.3) is 11.4 Å². The van der Waals surface area contributed by atoms with E-state index in [-0.39, 0.29) is 52.5 Å². The second-order valence-electron chi connectivity index (χ2n) is 9.47. The Labute approximate surface area is 221 Å². The molecule has 208 valence electrons. The molecule has 4 heterocycles. The summed E-state index contributed by atoms with van der Waals surface area (Å²) in [6, 6.07) is 7.98. The molecule has 1 saturated heterocycles. The molecule has 1 atom stereocenters. The van der Waals surface area contributed by atoms with Gasteiger partial charge in [0.15, 0.2) is 5.69 Å². The number of nitrogens with one attached hydrogen (secondary N) is 2. The highest BCUT2D eigenvalue weighted by Crippen LogP contribution is 2.38. The Morgan fingerprint density at radius 3 is 2.59 bits per heavy atom. The van der Waals surface area contributed by atoms with Crippen molar-refractivity contribution in [1.82, 2.24) is 29.5 Å². The zero-order valence-corrected chi connectivity index (χ0v) is 21.9. The summed E-state index contributed by atoms with van der Waals surface area (Å²) in [5, 5.41) is 11.8. The number of halogens is 3. The maximum atomic E-state index is 14.0. The smallest absolute Gasteiger partial charge is 0.403 e. The lowest BCUT2D eigenvalue weighted by atomic mass is 10.00. The Hall–Kier alpha value is -3.72. The monoisotopic (exact) mass is 565 g/mol. The molecule has 1 aliphatic heterocycles. The second kappa shape index (κ2) is 10.1. The average Bonchev–Trinajstić information content (AvgIpc) is 3.50. The number of nitrogens with zero attached hydrogens (tertiary/aromatic N) is 5. The Bertz CT molecular complexity index is 1660. The Morgan fingerprint density at radius 1 is 1.15 bits per heavy atom. The van der Waals surface area contributed by atoms with Gasteiger partial charge in [-0.1, -0.05) is 35.4 Å². The van der Waals surface area contributed by atoms with Crippen molar-refractivity contribution in [1.29, 1.82) is 0 Å². The van der Waals surface area contributed by atoms with Crippen molar-refractivity contribution in [3.8, 4) is 22.6 Å². The molecule has 15 heteroatoms. The third-order valence-corrected chi connectivity index (χ3v) is 7.37. The van der Waals surface area contributed by atoms with E-state index in [0.29, 0.717) is 17.5 Å². The number of fused-ring (bicyclic) bond motifs is 1. The molecule has 0 spiro atoms. The molecule has 5 rings (SSSR count). The second-order valence-corrected chi connectivity index (χ2v) is 11.3. The highest BCUT2D eigenvalue weighted by molar-refractivity contribution is 7.88. The number of hydrogen-bond acceptors (Lipinski definition) is 8. The van der Waals surface area contributed by atoms with E-state index in [1.165, 1.54) is 19.1 Å². The van der Waals surface area contributed by atoms with Crippen LogP contribution >= 0.6 is 0 Å². The van der Waals surface area contributed by atoms with Gasteiger partial charge in [-0.05, 0) is 38.2 Å². The van der Waals surface area contributed by atoms with Gasteiger partial charge >= 0.3 is 12.2 Å². The molecule has 1 unspecified atom stereocenters. The third kappa shape index (κ3) is 5.41. The van der Waals surface area contributed by atoms with E-state index in [9.17, 15) is 26.4 Å². The fraction of sp³-hybridized carbons (Fsp3) is 0.417. The maximum absolute atomic E-state index is 14.0. The lowest BCUT2D eigenvalue weighted by molar-refractivity contribution is -0.140. The molecule has 0 amide bonds. The molecular weight excluding hydrogens is 539 g/mol. The third-order valence-electron chi connectivity index (χ3n) is 6.65. The molecule has 0 saturated carbocycles. The number of rotatable bonds is 7. The van der Waals surface area contributed by atoms with E-state index in [1.807, 2.05) is 4.90 Å². The van der Waals surface area contributed by atoms with Crippen molar-refractivity contribution in [2.45, 2.75) is 44.8 Å². The first-order valence-electron chi connectivity index (χ1n) is 12.3. The molecule has 1 aliphatic rings. The topological polar surface area (TPSA) is 138 Å². The molecule has 0 radical (unpaired) electrons. The van der Waals surface area contributed by atoms with Crippen LogP contribution in [0.5, 0.6) is 0 Å². The van der Waals surface area contributed by atoms with E-state index in [0.717, 1.165) is 25.5 Å².